The highest BCUT2D eigenvalue weighted by Gasteiger charge is 2.40. The summed E-state index contributed by atoms with van der Waals surface area (Å²) in [4.78, 5) is 24.1. The van der Waals surface area contributed by atoms with Crippen molar-refractivity contribution in [2.45, 2.75) is 31.4 Å². The number of halogens is 2. The molecule has 2 fully saturated rings. The Balaban J connectivity index is 1.58. The van der Waals surface area contributed by atoms with Crippen molar-refractivity contribution in [2.75, 3.05) is 57.8 Å². The van der Waals surface area contributed by atoms with E-state index < -0.39 is 0 Å². The summed E-state index contributed by atoms with van der Waals surface area (Å²) in [6.45, 7) is 8.12. The fraction of sp³-hybridized carbons (Fsp3) is 0.433. The molecule has 2 saturated heterocycles. The van der Waals surface area contributed by atoms with Crippen molar-refractivity contribution in [1.82, 2.24) is 9.97 Å². The molecule has 2 aliphatic rings. The highest BCUT2D eigenvalue weighted by Crippen LogP contribution is 2.47. The van der Waals surface area contributed by atoms with Gasteiger partial charge in [0.05, 0.1) is 48.2 Å². The minimum atomic E-state index is -0.281. The summed E-state index contributed by atoms with van der Waals surface area (Å²) in [5.74, 6) is 2.44. The molecule has 4 heterocycles. The fourth-order valence-electron chi connectivity index (χ4n) is 5.44. The van der Waals surface area contributed by atoms with Crippen LogP contribution < -0.4 is 19.7 Å². The number of pyridine rings is 2. The van der Waals surface area contributed by atoms with E-state index in [1.165, 1.54) is 20.3 Å². The van der Waals surface area contributed by atoms with E-state index in [2.05, 4.69) is 23.7 Å². The topological polar surface area (TPSA) is 95.0 Å². The summed E-state index contributed by atoms with van der Waals surface area (Å²) in [5.41, 5.74) is 0.799. The number of ether oxygens (including phenoxy) is 4. The minimum Gasteiger partial charge on any atom is -0.495 e. The zero-order chi connectivity index (χ0) is 29.3. The Morgan fingerprint density at radius 3 is 2.54 bits per heavy atom. The van der Waals surface area contributed by atoms with Crippen molar-refractivity contribution >= 4 is 51.4 Å². The molecule has 2 aromatic heterocycles. The van der Waals surface area contributed by atoms with E-state index in [0.717, 1.165) is 23.0 Å². The molecule has 1 N–H and O–H groups in total. The molecule has 0 saturated carbocycles. The van der Waals surface area contributed by atoms with E-state index in [1.807, 2.05) is 12.1 Å². The largest absolute Gasteiger partial charge is 0.495 e. The number of ketones is 1. The summed E-state index contributed by atoms with van der Waals surface area (Å²) in [7, 11) is 4.79. The number of hydrogen-bond acceptors (Lipinski definition) is 9. The van der Waals surface area contributed by atoms with Gasteiger partial charge >= 0.3 is 0 Å². The molecule has 5 rings (SSSR count). The SMILES string of the molecule is C=CC(=O)C[C@H]1CCOC[C@H]1Nc1cc2c(N3CC(C)(OC)C3)nc(-c3c(Cl)c(OC)cc(OC)c3Cl)cc2cn1. The molecule has 0 amide bonds. The third-order valence-corrected chi connectivity index (χ3v) is 8.64. The van der Waals surface area contributed by atoms with Crippen molar-refractivity contribution in [3.8, 4) is 22.8 Å². The monoisotopic (exact) mass is 600 g/mol. The number of methoxy groups -OCH3 is 3. The smallest absolute Gasteiger partial charge is 0.155 e. The average molecular weight is 602 g/mol. The van der Waals surface area contributed by atoms with Gasteiger partial charge in [-0.3, -0.25) is 4.79 Å². The number of hydrogen-bond donors (Lipinski definition) is 1. The van der Waals surface area contributed by atoms with Crippen LogP contribution in [0.5, 0.6) is 11.5 Å². The van der Waals surface area contributed by atoms with Crippen molar-refractivity contribution in [3.05, 3.63) is 47.1 Å². The van der Waals surface area contributed by atoms with Crippen LogP contribution in [0.1, 0.15) is 19.8 Å². The molecule has 218 valence electrons. The third-order valence-electron chi connectivity index (χ3n) is 7.89. The summed E-state index contributed by atoms with van der Waals surface area (Å²) in [5, 5.41) is 5.94. The number of fused-ring (bicyclic) bond motifs is 1. The van der Waals surface area contributed by atoms with Gasteiger partial charge in [0.15, 0.2) is 5.78 Å². The predicted octanol–water partition coefficient (Wildman–Crippen LogP) is 5.81. The lowest BCUT2D eigenvalue weighted by Gasteiger charge is -2.47. The number of nitrogens with one attached hydrogen (secondary N) is 1. The fourth-order valence-corrected chi connectivity index (χ4v) is 6.14. The highest BCUT2D eigenvalue weighted by molar-refractivity contribution is 6.41. The number of carbonyl (C=O) groups is 1. The Morgan fingerprint density at radius 1 is 1.20 bits per heavy atom. The molecule has 0 bridgehead atoms. The van der Waals surface area contributed by atoms with Gasteiger partial charge in [-0.2, -0.15) is 0 Å². The van der Waals surface area contributed by atoms with Crippen molar-refractivity contribution in [3.63, 3.8) is 0 Å². The summed E-state index contributed by atoms with van der Waals surface area (Å²) >= 11 is 13.5. The Hall–Kier alpha value is -3.11. The van der Waals surface area contributed by atoms with Crippen LogP contribution in [0, 0.1) is 5.92 Å². The summed E-state index contributed by atoms with van der Waals surface area (Å²) < 4.78 is 22.4. The Bertz CT molecular complexity index is 1450. The second-order valence-electron chi connectivity index (χ2n) is 10.7. The summed E-state index contributed by atoms with van der Waals surface area (Å²) in [6, 6.07) is 5.49. The van der Waals surface area contributed by atoms with Gasteiger partial charge < -0.3 is 29.2 Å². The number of nitrogens with zero attached hydrogens (tertiary/aromatic N) is 3. The van der Waals surface area contributed by atoms with Crippen molar-refractivity contribution < 1.29 is 23.7 Å². The van der Waals surface area contributed by atoms with Crippen LogP contribution in [0.15, 0.2) is 37.1 Å². The molecule has 0 radical (unpaired) electrons. The molecule has 3 aromatic rings. The molecule has 0 spiro atoms. The molecule has 2 aliphatic heterocycles. The van der Waals surface area contributed by atoms with E-state index in [0.29, 0.717) is 71.3 Å². The minimum absolute atomic E-state index is 0.0275. The summed E-state index contributed by atoms with van der Waals surface area (Å²) in [6.07, 6.45) is 4.39. The first-order valence-corrected chi connectivity index (χ1v) is 14.2. The first-order valence-electron chi connectivity index (χ1n) is 13.4. The maximum absolute atomic E-state index is 12.1. The molecule has 0 unspecified atom stereocenters. The van der Waals surface area contributed by atoms with Crippen molar-refractivity contribution in [1.29, 1.82) is 0 Å². The average Bonchev–Trinajstić information content (AvgIpc) is 2.96. The zero-order valence-corrected chi connectivity index (χ0v) is 25.1. The van der Waals surface area contributed by atoms with Crippen LogP contribution in [0.3, 0.4) is 0 Å². The lowest BCUT2D eigenvalue weighted by Crippen LogP contribution is -2.61. The van der Waals surface area contributed by atoms with Crippen LogP contribution in [0.4, 0.5) is 11.6 Å². The third kappa shape index (κ3) is 5.81. The van der Waals surface area contributed by atoms with Gasteiger partial charge in [0, 0.05) is 61.8 Å². The van der Waals surface area contributed by atoms with Gasteiger partial charge in [-0.05, 0) is 37.5 Å². The molecule has 2 atom stereocenters. The first kappa shape index (κ1) is 29.4. The number of rotatable bonds is 10. The Kier molecular flexibility index (Phi) is 8.61. The lowest BCUT2D eigenvalue weighted by molar-refractivity contribution is -0.116. The maximum atomic E-state index is 12.1. The molecule has 11 heteroatoms. The number of carbonyl (C=O) groups excluding carboxylic acids is 1. The van der Waals surface area contributed by atoms with Gasteiger partial charge in [-0.1, -0.05) is 29.8 Å². The molecule has 0 aliphatic carbocycles. The molecular formula is C30H34Cl2N4O5. The molecule has 9 nitrogen and oxygen atoms in total. The first-order chi connectivity index (χ1) is 19.7. The second-order valence-corrected chi connectivity index (χ2v) is 11.4. The van der Waals surface area contributed by atoms with E-state index in [1.54, 1.807) is 19.4 Å². The highest BCUT2D eigenvalue weighted by atomic mass is 35.5. The second kappa shape index (κ2) is 12.0. The van der Waals surface area contributed by atoms with Crippen molar-refractivity contribution in [2.24, 2.45) is 5.92 Å². The normalized spacial score (nSPS) is 19.9. The number of allylic oxidation sites excluding steroid dienone is 1. The van der Waals surface area contributed by atoms with E-state index in [-0.39, 0.29) is 23.3 Å². The van der Waals surface area contributed by atoms with Crippen LogP contribution in [0.2, 0.25) is 10.0 Å². The van der Waals surface area contributed by atoms with E-state index >= 15 is 0 Å². The van der Waals surface area contributed by atoms with E-state index in [4.69, 9.17) is 52.1 Å². The lowest BCUT2D eigenvalue weighted by atomic mass is 9.89. The van der Waals surface area contributed by atoms with Gasteiger partial charge in [0.25, 0.3) is 0 Å². The van der Waals surface area contributed by atoms with Crippen LogP contribution in [0.25, 0.3) is 22.0 Å². The standard InChI is InChI=1S/C30H34Cl2N4O5/c1-6-19(37)9-17-7-8-41-14-22(17)34-25-11-20-18(13-33-25)10-21(35-29(20)36-15-30(2,16-36)40-5)26-27(31)23(38-3)12-24(39-4)28(26)32/h6,10-13,17,22H,1,7-9,14-16H2,2-5H3,(H,33,34)/t17-,22-/m1/s1. The molecule has 1 aromatic carbocycles. The molecule has 41 heavy (non-hydrogen) atoms. The van der Waals surface area contributed by atoms with Crippen LogP contribution >= 0.6 is 23.2 Å². The van der Waals surface area contributed by atoms with Gasteiger partial charge in [0.1, 0.15) is 23.1 Å². The van der Waals surface area contributed by atoms with Gasteiger partial charge in [-0.25, -0.2) is 9.97 Å². The predicted molar refractivity (Wildman–Crippen MR) is 162 cm³/mol. The van der Waals surface area contributed by atoms with Crippen LogP contribution in [-0.4, -0.2) is 75.0 Å². The van der Waals surface area contributed by atoms with Gasteiger partial charge in [0.2, 0.25) is 0 Å². The van der Waals surface area contributed by atoms with E-state index in [9.17, 15) is 4.79 Å². The number of benzene rings is 1. The number of anilines is 2. The Morgan fingerprint density at radius 2 is 1.90 bits per heavy atom. The maximum Gasteiger partial charge on any atom is 0.155 e. The van der Waals surface area contributed by atoms with Crippen LogP contribution in [-0.2, 0) is 14.3 Å². The Labute approximate surface area is 249 Å². The number of aromatic nitrogens is 2. The molecular weight excluding hydrogens is 567 g/mol. The zero-order valence-electron chi connectivity index (χ0n) is 23.6. The van der Waals surface area contributed by atoms with Gasteiger partial charge in [-0.15, -0.1) is 0 Å². The quantitative estimate of drug-likeness (QED) is 0.289.